The molecule has 0 saturated carbocycles. The van der Waals surface area contributed by atoms with E-state index in [1.54, 1.807) is 0 Å². The van der Waals surface area contributed by atoms with E-state index >= 15 is 0 Å². The van der Waals surface area contributed by atoms with Gasteiger partial charge in [-0.1, -0.05) is 31.9 Å². The fourth-order valence-corrected chi connectivity index (χ4v) is 2.23. The fourth-order valence-electron chi connectivity index (χ4n) is 2.23. The molecule has 1 fully saturated rings. The van der Waals surface area contributed by atoms with Crippen molar-refractivity contribution in [1.29, 1.82) is 0 Å². The van der Waals surface area contributed by atoms with Crippen LogP contribution in [0.5, 0.6) is 0 Å². The van der Waals surface area contributed by atoms with Gasteiger partial charge in [0, 0.05) is 12.3 Å². The molecular weight excluding hydrogens is 210 g/mol. The third-order valence-electron chi connectivity index (χ3n) is 3.32. The molecule has 2 nitrogen and oxygen atoms in total. The minimum Gasteiger partial charge on any atom is -0.380 e. The maximum atomic E-state index is 5.36. The lowest BCUT2D eigenvalue weighted by atomic mass is 10.1. The number of hydrogen-bond donors (Lipinski definition) is 1. The first kappa shape index (κ1) is 12.4. The Hall–Kier alpha value is -1.02. The van der Waals surface area contributed by atoms with Crippen LogP contribution in [0.1, 0.15) is 38.2 Å². The van der Waals surface area contributed by atoms with Gasteiger partial charge >= 0.3 is 0 Å². The molecule has 1 saturated heterocycles. The average molecular weight is 233 g/mol. The Labute approximate surface area is 104 Å². The van der Waals surface area contributed by atoms with Crippen molar-refractivity contribution in [3.05, 3.63) is 29.8 Å². The summed E-state index contributed by atoms with van der Waals surface area (Å²) < 4.78 is 5.36. The van der Waals surface area contributed by atoms with Crippen LogP contribution in [0.15, 0.2) is 24.3 Å². The Balaban J connectivity index is 1.80. The molecule has 1 aromatic rings. The number of aryl methyl sites for hydroxylation is 1. The zero-order valence-corrected chi connectivity index (χ0v) is 10.7. The molecule has 1 aliphatic heterocycles. The third kappa shape index (κ3) is 4.04. The maximum absolute atomic E-state index is 5.36. The number of anilines is 1. The number of benzene rings is 1. The Morgan fingerprint density at radius 2 is 2.06 bits per heavy atom. The molecule has 0 aromatic heterocycles. The topological polar surface area (TPSA) is 21.3 Å². The molecule has 1 N–H and O–H groups in total. The summed E-state index contributed by atoms with van der Waals surface area (Å²) in [6.07, 6.45) is 6.26. The van der Waals surface area contributed by atoms with Crippen LogP contribution in [0.25, 0.3) is 0 Å². The standard InChI is InChI=1S/C15H23NO/c1-2-3-4-5-13-6-8-14(9-7-13)16-15-10-11-17-12-15/h6-9,15-16H,2-5,10-12H2,1H3. The van der Waals surface area contributed by atoms with Gasteiger partial charge in [0.2, 0.25) is 0 Å². The average Bonchev–Trinajstić information content (AvgIpc) is 2.85. The summed E-state index contributed by atoms with van der Waals surface area (Å²) in [6.45, 7) is 3.99. The Morgan fingerprint density at radius 3 is 2.71 bits per heavy atom. The van der Waals surface area contributed by atoms with Gasteiger partial charge in [-0.3, -0.25) is 0 Å². The molecule has 1 atom stereocenters. The summed E-state index contributed by atoms with van der Waals surface area (Å²) in [6, 6.07) is 9.38. The second kappa shape index (κ2) is 6.65. The number of nitrogens with one attached hydrogen (secondary N) is 1. The van der Waals surface area contributed by atoms with Crippen molar-refractivity contribution in [2.24, 2.45) is 0 Å². The lowest BCUT2D eigenvalue weighted by Crippen LogP contribution is -2.18. The van der Waals surface area contributed by atoms with E-state index < -0.39 is 0 Å². The van der Waals surface area contributed by atoms with Crippen molar-refractivity contribution in [2.45, 2.75) is 45.1 Å². The minimum absolute atomic E-state index is 0.501. The highest BCUT2D eigenvalue weighted by molar-refractivity contribution is 5.45. The van der Waals surface area contributed by atoms with Gasteiger partial charge in [-0.2, -0.15) is 0 Å². The lowest BCUT2D eigenvalue weighted by Gasteiger charge is -2.12. The molecular formula is C15H23NO. The molecule has 1 heterocycles. The van der Waals surface area contributed by atoms with Gasteiger partial charge < -0.3 is 10.1 Å². The van der Waals surface area contributed by atoms with E-state index in [2.05, 4.69) is 36.5 Å². The van der Waals surface area contributed by atoms with Crippen LogP contribution in [0.3, 0.4) is 0 Å². The second-order valence-corrected chi connectivity index (χ2v) is 4.86. The van der Waals surface area contributed by atoms with E-state index in [1.165, 1.54) is 36.9 Å². The molecule has 1 unspecified atom stereocenters. The van der Waals surface area contributed by atoms with Gasteiger partial charge in [-0.05, 0) is 37.0 Å². The Bertz CT molecular complexity index is 314. The van der Waals surface area contributed by atoms with E-state index in [-0.39, 0.29) is 0 Å². The minimum atomic E-state index is 0.501. The van der Waals surface area contributed by atoms with Gasteiger partial charge in [0.1, 0.15) is 0 Å². The summed E-state index contributed by atoms with van der Waals surface area (Å²) in [5.41, 5.74) is 2.67. The molecule has 2 heteroatoms. The van der Waals surface area contributed by atoms with Crippen LogP contribution in [0.4, 0.5) is 5.69 Å². The molecule has 1 aliphatic rings. The zero-order valence-electron chi connectivity index (χ0n) is 10.7. The molecule has 17 heavy (non-hydrogen) atoms. The van der Waals surface area contributed by atoms with Gasteiger partial charge in [-0.15, -0.1) is 0 Å². The van der Waals surface area contributed by atoms with E-state index in [0.29, 0.717) is 6.04 Å². The second-order valence-electron chi connectivity index (χ2n) is 4.86. The van der Waals surface area contributed by atoms with Crippen LogP contribution >= 0.6 is 0 Å². The van der Waals surface area contributed by atoms with Crippen molar-refractivity contribution >= 4 is 5.69 Å². The number of ether oxygens (including phenoxy) is 1. The SMILES string of the molecule is CCCCCc1ccc(NC2CCOC2)cc1. The lowest BCUT2D eigenvalue weighted by molar-refractivity contribution is 0.195. The highest BCUT2D eigenvalue weighted by atomic mass is 16.5. The van der Waals surface area contributed by atoms with E-state index in [9.17, 15) is 0 Å². The summed E-state index contributed by atoms with van der Waals surface area (Å²) in [4.78, 5) is 0. The normalized spacial score (nSPS) is 19.5. The quantitative estimate of drug-likeness (QED) is 0.758. The van der Waals surface area contributed by atoms with Crippen LogP contribution in [-0.2, 0) is 11.2 Å². The summed E-state index contributed by atoms with van der Waals surface area (Å²) in [5.74, 6) is 0. The molecule has 0 bridgehead atoms. The van der Waals surface area contributed by atoms with Crippen molar-refractivity contribution in [3.63, 3.8) is 0 Å². The highest BCUT2D eigenvalue weighted by Gasteiger charge is 2.14. The van der Waals surface area contributed by atoms with Crippen molar-refractivity contribution in [1.82, 2.24) is 0 Å². The highest BCUT2D eigenvalue weighted by Crippen LogP contribution is 2.16. The fraction of sp³-hybridized carbons (Fsp3) is 0.600. The summed E-state index contributed by atoms with van der Waals surface area (Å²) in [5, 5.41) is 3.51. The van der Waals surface area contributed by atoms with Gasteiger partial charge in [0.25, 0.3) is 0 Å². The summed E-state index contributed by atoms with van der Waals surface area (Å²) in [7, 11) is 0. The van der Waals surface area contributed by atoms with Crippen LogP contribution in [0, 0.1) is 0 Å². The van der Waals surface area contributed by atoms with E-state index in [4.69, 9.17) is 4.74 Å². The third-order valence-corrected chi connectivity index (χ3v) is 3.32. The van der Waals surface area contributed by atoms with E-state index in [1.807, 2.05) is 0 Å². The molecule has 2 rings (SSSR count). The molecule has 94 valence electrons. The van der Waals surface area contributed by atoms with Gasteiger partial charge in [0.05, 0.1) is 12.6 Å². The molecule has 0 radical (unpaired) electrons. The van der Waals surface area contributed by atoms with Crippen molar-refractivity contribution in [3.8, 4) is 0 Å². The summed E-state index contributed by atoms with van der Waals surface area (Å²) >= 11 is 0. The maximum Gasteiger partial charge on any atom is 0.0668 e. The van der Waals surface area contributed by atoms with Crippen LogP contribution in [-0.4, -0.2) is 19.3 Å². The number of hydrogen-bond acceptors (Lipinski definition) is 2. The molecule has 0 spiro atoms. The number of rotatable bonds is 6. The predicted octanol–water partition coefficient (Wildman–Crippen LogP) is 3.62. The van der Waals surface area contributed by atoms with Crippen molar-refractivity contribution < 1.29 is 4.74 Å². The first-order valence-corrected chi connectivity index (χ1v) is 6.81. The monoisotopic (exact) mass is 233 g/mol. The van der Waals surface area contributed by atoms with E-state index in [0.717, 1.165) is 19.6 Å². The molecule has 0 aliphatic carbocycles. The number of unbranched alkanes of at least 4 members (excludes halogenated alkanes) is 2. The predicted molar refractivity (Wildman–Crippen MR) is 72.5 cm³/mol. The largest absolute Gasteiger partial charge is 0.380 e. The first-order valence-electron chi connectivity index (χ1n) is 6.81. The smallest absolute Gasteiger partial charge is 0.0668 e. The Morgan fingerprint density at radius 1 is 1.24 bits per heavy atom. The molecule has 1 aromatic carbocycles. The zero-order chi connectivity index (χ0) is 11.9. The van der Waals surface area contributed by atoms with Crippen LogP contribution in [0.2, 0.25) is 0 Å². The first-order chi connectivity index (χ1) is 8.38. The van der Waals surface area contributed by atoms with Crippen LogP contribution < -0.4 is 5.32 Å². The van der Waals surface area contributed by atoms with Gasteiger partial charge in [-0.25, -0.2) is 0 Å². The van der Waals surface area contributed by atoms with Crippen molar-refractivity contribution in [2.75, 3.05) is 18.5 Å². The molecule has 0 amide bonds. The van der Waals surface area contributed by atoms with Gasteiger partial charge in [0.15, 0.2) is 0 Å². The Kier molecular flexibility index (Phi) is 4.87.